The number of nitrogens with zero attached hydrogens (tertiary/aromatic N) is 2. The van der Waals surface area contributed by atoms with Crippen molar-refractivity contribution >= 4 is 17.3 Å². The van der Waals surface area contributed by atoms with Crippen molar-refractivity contribution in [3.63, 3.8) is 0 Å². The van der Waals surface area contributed by atoms with Gasteiger partial charge in [-0.3, -0.25) is 4.79 Å². The summed E-state index contributed by atoms with van der Waals surface area (Å²) >= 11 is 0. The van der Waals surface area contributed by atoms with Crippen LogP contribution >= 0.6 is 0 Å². The molecule has 110 valence electrons. The van der Waals surface area contributed by atoms with Gasteiger partial charge >= 0.3 is 0 Å². The molecule has 0 radical (unpaired) electrons. The zero-order chi connectivity index (χ0) is 14.7. The Hall–Kier alpha value is -1.75. The highest BCUT2D eigenvalue weighted by atomic mass is 16.1. The molecule has 5 heteroatoms. The molecule has 1 amide bonds. The molecule has 1 aromatic carbocycles. The molecule has 1 heterocycles. The van der Waals surface area contributed by atoms with Crippen LogP contribution in [0.5, 0.6) is 0 Å². The average molecular weight is 276 g/mol. The molecule has 1 atom stereocenters. The van der Waals surface area contributed by atoms with E-state index in [1.165, 1.54) is 6.42 Å². The minimum atomic E-state index is -0.0737. The molecule has 0 spiro atoms. The zero-order valence-corrected chi connectivity index (χ0v) is 12.5. The number of nitrogen functional groups attached to an aromatic ring is 1. The number of carbonyl (C=O) groups excluding carboxylic acids is 1. The van der Waals surface area contributed by atoms with Crippen molar-refractivity contribution in [1.29, 1.82) is 0 Å². The highest BCUT2D eigenvalue weighted by Crippen LogP contribution is 2.25. The first-order valence-corrected chi connectivity index (χ1v) is 7.02. The summed E-state index contributed by atoms with van der Waals surface area (Å²) in [5, 5.41) is 2.68. The monoisotopic (exact) mass is 276 g/mol. The number of carbonyl (C=O) groups is 1. The van der Waals surface area contributed by atoms with Crippen molar-refractivity contribution in [2.24, 2.45) is 5.92 Å². The van der Waals surface area contributed by atoms with E-state index in [2.05, 4.69) is 22.2 Å². The largest absolute Gasteiger partial charge is 0.399 e. The molecule has 0 aromatic heterocycles. The second kappa shape index (κ2) is 6.13. The molecule has 0 aliphatic carbocycles. The van der Waals surface area contributed by atoms with Crippen LogP contribution in [-0.4, -0.2) is 51.6 Å². The molecule has 1 fully saturated rings. The van der Waals surface area contributed by atoms with Crippen LogP contribution in [-0.2, 0) is 0 Å². The number of hydrogen-bond donors (Lipinski definition) is 2. The Morgan fingerprint density at radius 3 is 2.90 bits per heavy atom. The van der Waals surface area contributed by atoms with Crippen molar-refractivity contribution < 1.29 is 4.79 Å². The van der Waals surface area contributed by atoms with E-state index < -0.39 is 0 Å². The van der Waals surface area contributed by atoms with Gasteiger partial charge in [0.2, 0.25) is 0 Å². The van der Waals surface area contributed by atoms with Crippen LogP contribution in [0, 0.1) is 5.92 Å². The molecule has 1 aliphatic rings. The minimum absolute atomic E-state index is 0.0737. The summed E-state index contributed by atoms with van der Waals surface area (Å²) in [6.45, 7) is 3.21. The summed E-state index contributed by atoms with van der Waals surface area (Å²) in [7, 11) is 5.82. The molecule has 1 aromatic rings. The fraction of sp³-hybridized carbons (Fsp3) is 0.533. The van der Waals surface area contributed by atoms with Crippen LogP contribution in [0.15, 0.2) is 18.2 Å². The fourth-order valence-corrected chi connectivity index (χ4v) is 2.85. The summed E-state index contributed by atoms with van der Waals surface area (Å²) in [6.07, 6.45) is 1.21. The number of amides is 1. The van der Waals surface area contributed by atoms with E-state index in [-0.39, 0.29) is 5.91 Å². The van der Waals surface area contributed by atoms with Gasteiger partial charge in [-0.25, -0.2) is 0 Å². The van der Waals surface area contributed by atoms with Gasteiger partial charge in [-0.15, -0.1) is 0 Å². The smallest absolute Gasteiger partial charge is 0.253 e. The van der Waals surface area contributed by atoms with E-state index in [0.717, 1.165) is 25.3 Å². The Balaban J connectivity index is 2.17. The molecular weight excluding hydrogens is 252 g/mol. The van der Waals surface area contributed by atoms with Gasteiger partial charge in [0.15, 0.2) is 0 Å². The van der Waals surface area contributed by atoms with Gasteiger partial charge in [0.25, 0.3) is 5.91 Å². The molecular formula is C15H24N4O. The maximum atomic E-state index is 12.0. The first-order chi connectivity index (χ1) is 9.51. The van der Waals surface area contributed by atoms with Crippen molar-refractivity contribution in [1.82, 2.24) is 10.2 Å². The Kier molecular flexibility index (Phi) is 4.49. The number of anilines is 2. The second-order valence-electron chi connectivity index (χ2n) is 5.65. The molecule has 2 rings (SSSR count). The molecule has 3 N–H and O–H groups in total. The van der Waals surface area contributed by atoms with Crippen LogP contribution < -0.4 is 16.0 Å². The Morgan fingerprint density at radius 1 is 1.55 bits per heavy atom. The highest BCUT2D eigenvalue weighted by Gasteiger charge is 2.22. The number of rotatable bonds is 4. The highest BCUT2D eigenvalue weighted by molar-refractivity contribution is 6.00. The van der Waals surface area contributed by atoms with Crippen LogP contribution in [0.2, 0.25) is 0 Å². The standard InChI is InChI=1S/C15H24N4O/c1-17-15(20)13-5-4-12(16)8-14(13)19(3)10-11-6-7-18(2)9-11/h4-5,8,11H,6-7,9-10,16H2,1-3H3,(H,17,20). The van der Waals surface area contributed by atoms with Crippen LogP contribution in [0.4, 0.5) is 11.4 Å². The topological polar surface area (TPSA) is 61.6 Å². The maximum absolute atomic E-state index is 12.0. The predicted molar refractivity (Wildman–Crippen MR) is 83.1 cm³/mol. The lowest BCUT2D eigenvalue weighted by Gasteiger charge is -2.25. The Labute approximate surface area is 120 Å². The first kappa shape index (κ1) is 14.7. The summed E-state index contributed by atoms with van der Waals surface area (Å²) < 4.78 is 0. The first-order valence-electron chi connectivity index (χ1n) is 7.02. The third kappa shape index (κ3) is 3.22. The SMILES string of the molecule is CNC(=O)c1ccc(N)cc1N(C)CC1CCN(C)C1. The van der Waals surface area contributed by atoms with Crippen LogP contribution in [0.25, 0.3) is 0 Å². The summed E-state index contributed by atoms with van der Waals surface area (Å²) in [6, 6.07) is 5.44. The summed E-state index contributed by atoms with van der Waals surface area (Å²) in [5.74, 6) is 0.569. The van der Waals surface area contributed by atoms with Crippen LogP contribution in [0.3, 0.4) is 0 Å². The van der Waals surface area contributed by atoms with Gasteiger partial charge in [0.05, 0.1) is 11.3 Å². The van der Waals surface area contributed by atoms with E-state index in [9.17, 15) is 4.79 Å². The predicted octanol–water partition coefficient (Wildman–Crippen LogP) is 1.02. The quantitative estimate of drug-likeness (QED) is 0.806. The van der Waals surface area contributed by atoms with Crippen molar-refractivity contribution in [3.05, 3.63) is 23.8 Å². The molecule has 1 unspecified atom stereocenters. The van der Waals surface area contributed by atoms with E-state index in [0.29, 0.717) is 17.2 Å². The van der Waals surface area contributed by atoms with E-state index in [4.69, 9.17) is 5.73 Å². The van der Waals surface area contributed by atoms with Gasteiger partial charge < -0.3 is 20.9 Å². The molecule has 5 nitrogen and oxygen atoms in total. The van der Waals surface area contributed by atoms with Gasteiger partial charge in [0, 0.05) is 32.9 Å². The number of nitrogens with one attached hydrogen (secondary N) is 1. The van der Waals surface area contributed by atoms with E-state index >= 15 is 0 Å². The Morgan fingerprint density at radius 2 is 2.30 bits per heavy atom. The van der Waals surface area contributed by atoms with Gasteiger partial charge in [-0.2, -0.15) is 0 Å². The molecule has 1 saturated heterocycles. The summed E-state index contributed by atoms with van der Waals surface area (Å²) in [5.41, 5.74) is 8.13. The maximum Gasteiger partial charge on any atom is 0.253 e. The van der Waals surface area contributed by atoms with Crippen molar-refractivity contribution in [3.8, 4) is 0 Å². The fourth-order valence-electron chi connectivity index (χ4n) is 2.85. The van der Waals surface area contributed by atoms with Crippen molar-refractivity contribution in [2.45, 2.75) is 6.42 Å². The van der Waals surface area contributed by atoms with Crippen LogP contribution in [0.1, 0.15) is 16.8 Å². The lowest BCUT2D eigenvalue weighted by Crippen LogP contribution is -2.30. The minimum Gasteiger partial charge on any atom is -0.399 e. The van der Waals surface area contributed by atoms with Gasteiger partial charge in [0.1, 0.15) is 0 Å². The van der Waals surface area contributed by atoms with Crippen molar-refractivity contribution in [2.75, 3.05) is 51.4 Å². The summed E-state index contributed by atoms with van der Waals surface area (Å²) in [4.78, 5) is 16.4. The second-order valence-corrected chi connectivity index (χ2v) is 5.65. The van der Waals surface area contributed by atoms with Gasteiger partial charge in [-0.05, 0) is 44.1 Å². The lowest BCUT2D eigenvalue weighted by molar-refractivity contribution is 0.0963. The third-order valence-corrected chi connectivity index (χ3v) is 3.93. The van der Waals surface area contributed by atoms with E-state index in [1.54, 1.807) is 19.2 Å². The molecule has 1 aliphatic heterocycles. The third-order valence-electron chi connectivity index (χ3n) is 3.93. The number of nitrogens with two attached hydrogens (primary N) is 1. The average Bonchev–Trinajstić information content (AvgIpc) is 2.83. The molecule has 0 bridgehead atoms. The van der Waals surface area contributed by atoms with Gasteiger partial charge in [-0.1, -0.05) is 0 Å². The normalized spacial score (nSPS) is 19.1. The molecule has 0 saturated carbocycles. The number of hydrogen-bond acceptors (Lipinski definition) is 4. The Bertz CT molecular complexity index is 489. The number of benzene rings is 1. The number of likely N-dealkylation sites (tertiary alicyclic amines) is 1. The zero-order valence-electron chi connectivity index (χ0n) is 12.5. The lowest BCUT2D eigenvalue weighted by atomic mass is 10.1. The van der Waals surface area contributed by atoms with E-state index in [1.807, 2.05) is 13.1 Å². The molecule has 20 heavy (non-hydrogen) atoms.